The molecule has 1 aliphatic heterocycles. The monoisotopic (exact) mass is 309 g/mol. The molecule has 2 aromatic rings. The molecule has 1 atom stereocenters. The van der Waals surface area contributed by atoms with Crippen LogP contribution in [0.3, 0.4) is 0 Å². The van der Waals surface area contributed by atoms with Gasteiger partial charge in [0.2, 0.25) is 5.95 Å². The van der Waals surface area contributed by atoms with Crippen molar-refractivity contribution >= 4 is 17.5 Å². The molecule has 0 bridgehead atoms. The van der Waals surface area contributed by atoms with E-state index in [-0.39, 0.29) is 16.8 Å². The zero-order valence-corrected chi connectivity index (χ0v) is 12.1. The Labute approximate surface area is 125 Å². The standard InChI is InChI=1S/C14H13ClFN3O2/c1-8-7-11(21-18-8)10-3-2-6-19(10)14(20)9-4-5-12(15)17-13(9)16/h4-5,7,10H,2-3,6H2,1H3. The number of aryl methyl sites for hydroxylation is 1. The number of nitrogens with zero attached hydrogens (tertiary/aromatic N) is 3. The third-order valence-corrected chi connectivity index (χ3v) is 3.74. The van der Waals surface area contributed by atoms with E-state index in [0.29, 0.717) is 12.3 Å². The van der Waals surface area contributed by atoms with Crippen LogP contribution in [0, 0.1) is 12.9 Å². The van der Waals surface area contributed by atoms with Crippen LogP contribution in [0.5, 0.6) is 0 Å². The smallest absolute Gasteiger partial charge is 0.259 e. The molecule has 0 saturated carbocycles. The first-order valence-electron chi connectivity index (χ1n) is 6.62. The first kappa shape index (κ1) is 14.0. The molecule has 110 valence electrons. The van der Waals surface area contributed by atoms with Gasteiger partial charge in [-0.05, 0) is 31.9 Å². The molecule has 2 aromatic heterocycles. The van der Waals surface area contributed by atoms with E-state index in [1.165, 1.54) is 12.1 Å². The SMILES string of the molecule is Cc1cc(C2CCCN2C(=O)c2ccc(Cl)nc2F)on1. The molecule has 0 radical (unpaired) electrons. The van der Waals surface area contributed by atoms with E-state index >= 15 is 0 Å². The molecule has 0 spiro atoms. The van der Waals surface area contributed by atoms with Gasteiger partial charge in [0, 0.05) is 12.6 Å². The number of amides is 1. The number of carbonyl (C=O) groups is 1. The highest BCUT2D eigenvalue weighted by Gasteiger charge is 2.34. The average molecular weight is 310 g/mol. The summed E-state index contributed by atoms with van der Waals surface area (Å²) >= 11 is 5.61. The van der Waals surface area contributed by atoms with Gasteiger partial charge in [-0.1, -0.05) is 16.8 Å². The second-order valence-electron chi connectivity index (χ2n) is 5.00. The maximum atomic E-state index is 13.8. The largest absolute Gasteiger partial charge is 0.359 e. The molecule has 3 heterocycles. The lowest BCUT2D eigenvalue weighted by molar-refractivity contribution is 0.0709. The van der Waals surface area contributed by atoms with Crippen LogP contribution >= 0.6 is 11.6 Å². The fourth-order valence-electron chi connectivity index (χ4n) is 2.57. The van der Waals surface area contributed by atoms with Gasteiger partial charge in [0.05, 0.1) is 17.3 Å². The maximum absolute atomic E-state index is 13.8. The summed E-state index contributed by atoms with van der Waals surface area (Å²) in [5.74, 6) is -0.638. The molecule has 1 amide bonds. The average Bonchev–Trinajstić information content (AvgIpc) is 3.06. The van der Waals surface area contributed by atoms with Crippen LogP contribution in [0.4, 0.5) is 4.39 Å². The normalized spacial score (nSPS) is 18.2. The van der Waals surface area contributed by atoms with Crippen LogP contribution in [0.2, 0.25) is 5.15 Å². The van der Waals surface area contributed by atoms with Crippen LogP contribution < -0.4 is 0 Å². The minimum absolute atomic E-state index is 0.0212. The van der Waals surface area contributed by atoms with Crippen LogP contribution in [0.25, 0.3) is 0 Å². The molecule has 0 aromatic carbocycles. The quantitative estimate of drug-likeness (QED) is 0.800. The predicted octanol–water partition coefficient (Wildman–Crippen LogP) is 3.15. The van der Waals surface area contributed by atoms with Gasteiger partial charge in [0.15, 0.2) is 5.76 Å². The lowest BCUT2D eigenvalue weighted by atomic mass is 10.1. The summed E-state index contributed by atoms with van der Waals surface area (Å²) in [6.45, 7) is 2.36. The molecule has 1 aliphatic rings. The molecule has 1 saturated heterocycles. The topological polar surface area (TPSA) is 59.2 Å². The van der Waals surface area contributed by atoms with Crippen molar-refractivity contribution in [2.75, 3.05) is 6.54 Å². The van der Waals surface area contributed by atoms with Gasteiger partial charge < -0.3 is 9.42 Å². The molecule has 0 aliphatic carbocycles. The predicted molar refractivity (Wildman–Crippen MR) is 73.5 cm³/mol. The van der Waals surface area contributed by atoms with Gasteiger partial charge in [-0.2, -0.15) is 4.39 Å². The van der Waals surface area contributed by atoms with E-state index in [1.807, 2.05) is 6.92 Å². The van der Waals surface area contributed by atoms with Crippen LogP contribution in [0.15, 0.2) is 22.7 Å². The summed E-state index contributed by atoms with van der Waals surface area (Å²) in [5, 5.41) is 3.86. The Morgan fingerprint density at radius 2 is 2.33 bits per heavy atom. The number of hydrogen-bond donors (Lipinski definition) is 0. The number of aromatic nitrogens is 2. The van der Waals surface area contributed by atoms with Crippen molar-refractivity contribution in [3.05, 3.63) is 46.3 Å². The third kappa shape index (κ3) is 2.63. The number of hydrogen-bond acceptors (Lipinski definition) is 4. The molecule has 5 nitrogen and oxygen atoms in total. The van der Waals surface area contributed by atoms with Crippen molar-refractivity contribution in [2.45, 2.75) is 25.8 Å². The van der Waals surface area contributed by atoms with Crippen LogP contribution in [0.1, 0.15) is 40.7 Å². The van der Waals surface area contributed by atoms with E-state index in [4.69, 9.17) is 16.1 Å². The molecule has 1 fully saturated rings. The third-order valence-electron chi connectivity index (χ3n) is 3.53. The molecule has 1 unspecified atom stereocenters. The van der Waals surface area contributed by atoms with E-state index < -0.39 is 11.9 Å². The number of likely N-dealkylation sites (tertiary alicyclic amines) is 1. The molecule has 7 heteroatoms. The first-order chi connectivity index (χ1) is 10.1. The van der Waals surface area contributed by atoms with Crippen molar-refractivity contribution in [3.63, 3.8) is 0 Å². The second kappa shape index (κ2) is 5.44. The van der Waals surface area contributed by atoms with Crippen molar-refractivity contribution < 1.29 is 13.7 Å². The van der Waals surface area contributed by atoms with E-state index in [0.717, 1.165) is 18.5 Å². The van der Waals surface area contributed by atoms with Crippen molar-refractivity contribution in [1.82, 2.24) is 15.0 Å². The van der Waals surface area contributed by atoms with Crippen LogP contribution in [-0.2, 0) is 0 Å². The molecule has 0 N–H and O–H groups in total. The molecule has 21 heavy (non-hydrogen) atoms. The highest BCUT2D eigenvalue weighted by atomic mass is 35.5. The zero-order valence-electron chi connectivity index (χ0n) is 11.3. The summed E-state index contributed by atoms with van der Waals surface area (Å²) in [5.41, 5.74) is 0.672. The van der Waals surface area contributed by atoms with Crippen molar-refractivity contribution in [2.24, 2.45) is 0 Å². The van der Waals surface area contributed by atoms with Gasteiger partial charge in [0.25, 0.3) is 5.91 Å². The first-order valence-corrected chi connectivity index (χ1v) is 7.00. The molecule has 3 rings (SSSR count). The fraction of sp³-hybridized carbons (Fsp3) is 0.357. The summed E-state index contributed by atoms with van der Waals surface area (Å²) in [6.07, 6.45) is 1.60. The van der Waals surface area contributed by atoms with E-state index in [1.54, 1.807) is 11.0 Å². The van der Waals surface area contributed by atoms with Crippen LogP contribution in [-0.4, -0.2) is 27.5 Å². The maximum Gasteiger partial charge on any atom is 0.259 e. The van der Waals surface area contributed by atoms with Gasteiger partial charge >= 0.3 is 0 Å². The zero-order chi connectivity index (χ0) is 15.0. The highest BCUT2D eigenvalue weighted by Crippen LogP contribution is 2.33. The summed E-state index contributed by atoms with van der Waals surface area (Å²) in [4.78, 5) is 17.6. The summed E-state index contributed by atoms with van der Waals surface area (Å²) in [7, 11) is 0. The summed E-state index contributed by atoms with van der Waals surface area (Å²) in [6, 6.07) is 4.34. The Kier molecular flexibility index (Phi) is 3.63. The Morgan fingerprint density at radius 3 is 3.00 bits per heavy atom. The van der Waals surface area contributed by atoms with Gasteiger partial charge in [0.1, 0.15) is 5.15 Å². The minimum Gasteiger partial charge on any atom is -0.359 e. The van der Waals surface area contributed by atoms with Gasteiger partial charge in [-0.3, -0.25) is 4.79 Å². The summed E-state index contributed by atoms with van der Waals surface area (Å²) < 4.78 is 19.0. The van der Waals surface area contributed by atoms with Crippen molar-refractivity contribution in [3.8, 4) is 0 Å². The van der Waals surface area contributed by atoms with Gasteiger partial charge in [-0.15, -0.1) is 0 Å². The highest BCUT2D eigenvalue weighted by molar-refractivity contribution is 6.29. The lowest BCUT2D eigenvalue weighted by Gasteiger charge is -2.22. The number of pyridine rings is 1. The Bertz CT molecular complexity index is 689. The second-order valence-corrected chi connectivity index (χ2v) is 5.39. The van der Waals surface area contributed by atoms with Crippen molar-refractivity contribution in [1.29, 1.82) is 0 Å². The van der Waals surface area contributed by atoms with E-state index in [2.05, 4.69) is 10.1 Å². The Balaban J connectivity index is 1.89. The fourth-order valence-corrected chi connectivity index (χ4v) is 2.71. The molecular formula is C14H13ClFN3O2. The minimum atomic E-state index is -0.855. The lowest BCUT2D eigenvalue weighted by Crippen LogP contribution is -2.31. The molecular weight excluding hydrogens is 297 g/mol. The number of carbonyl (C=O) groups excluding carboxylic acids is 1. The Hall–Kier alpha value is -1.95. The number of rotatable bonds is 2. The number of halogens is 2. The Morgan fingerprint density at radius 1 is 1.52 bits per heavy atom. The van der Waals surface area contributed by atoms with E-state index in [9.17, 15) is 9.18 Å². The van der Waals surface area contributed by atoms with Gasteiger partial charge in [-0.25, -0.2) is 4.98 Å².